The number of urea groups is 1. The van der Waals surface area contributed by atoms with Crippen molar-refractivity contribution in [1.29, 1.82) is 0 Å². The van der Waals surface area contributed by atoms with E-state index in [0.29, 0.717) is 35.8 Å². The van der Waals surface area contributed by atoms with Gasteiger partial charge in [-0.15, -0.1) is 0 Å². The molecule has 0 aliphatic carbocycles. The summed E-state index contributed by atoms with van der Waals surface area (Å²) in [6.07, 6.45) is 1.39. The molecule has 7 heteroatoms. The van der Waals surface area contributed by atoms with E-state index in [-0.39, 0.29) is 11.9 Å². The molecular formula is C20H23N3O4. The number of ether oxygens (including phenoxy) is 2. The Balaban J connectivity index is 1.68. The van der Waals surface area contributed by atoms with Crippen LogP contribution in [0.5, 0.6) is 11.5 Å². The van der Waals surface area contributed by atoms with Crippen LogP contribution in [-0.2, 0) is 4.79 Å². The van der Waals surface area contributed by atoms with Crippen molar-refractivity contribution in [3.8, 4) is 11.5 Å². The number of benzene rings is 2. The van der Waals surface area contributed by atoms with Crippen molar-refractivity contribution in [3.63, 3.8) is 0 Å². The number of amides is 3. The minimum atomic E-state index is -0.527. The molecule has 1 aliphatic heterocycles. The molecule has 0 aromatic heterocycles. The van der Waals surface area contributed by atoms with Gasteiger partial charge in [0.25, 0.3) is 0 Å². The maximum Gasteiger partial charge on any atom is 0.322 e. The Labute approximate surface area is 158 Å². The Morgan fingerprint density at radius 3 is 2.63 bits per heavy atom. The fourth-order valence-corrected chi connectivity index (χ4v) is 3.14. The molecule has 7 nitrogen and oxygen atoms in total. The zero-order valence-corrected chi connectivity index (χ0v) is 15.4. The van der Waals surface area contributed by atoms with Gasteiger partial charge in [-0.3, -0.25) is 4.79 Å². The maximum absolute atomic E-state index is 12.7. The van der Waals surface area contributed by atoms with Crippen molar-refractivity contribution >= 4 is 23.3 Å². The predicted octanol–water partition coefficient (Wildman–Crippen LogP) is 3.34. The Hall–Kier alpha value is -3.22. The first-order valence-electron chi connectivity index (χ1n) is 8.78. The van der Waals surface area contributed by atoms with E-state index in [2.05, 4.69) is 10.6 Å². The lowest BCUT2D eigenvalue weighted by molar-refractivity contribution is -0.119. The Bertz CT molecular complexity index is 824. The molecule has 2 N–H and O–H groups in total. The third-order valence-electron chi connectivity index (χ3n) is 4.50. The summed E-state index contributed by atoms with van der Waals surface area (Å²) in [7, 11) is 3.12. The number of nitrogens with zero attached hydrogens (tertiary/aromatic N) is 1. The normalized spacial score (nSPS) is 15.9. The molecule has 142 valence electrons. The van der Waals surface area contributed by atoms with Gasteiger partial charge >= 0.3 is 6.03 Å². The zero-order valence-electron chi connectivity index (χ0n) is 15.4. The summed E-state index contributed by atoms with van der Waals surface area (Å²) < 4.78 is 10.4. The Kier molecular flexibility index (Phi) is 5.80. The van der Waals surface area contributed by atoms with E-state index in [9.17, 15) is 9.59 Å². The van der Waals surface area contributed by atoms with E-state index in [4.69, 9.17) is 9.47 Å². The Morgan fingerprint density at radius 2 is 1.85 bits per heavy atom. The van der Waals surface area contributed by atoms with E-state index in [1.807, 2.05) is 12.1 Å². The highest BCUT2D eigenvalue weighted by atomic mass is 16.5. The molecule has 1 unspecified atom stereocenters. The van der Waals surface area contributed by atoms with Crippen molar-refractivity contribution in [2.45, 2.75) is 18.9 Å². The first-order valence-corrected chi connectivity index (χ1v) is 8.78. The summed E-state index contributed by atoms with van der Waals surface area (Å²) in [6.45, 7) is 0.528. The molecular weight excluding hydrogens is 346 g/mol. The van der Waals surface area contributed by atoms with Gasteiger partial charge in [0.2, 0.25) is 5.91 Å². The maximum atomic E-state index is 12.7. The van der Waals surface area contributed by atoms with E-state index in [1.54, 1.807) is 55.5 Å². The summed E-state index contributed by atoms with van der Waals surface area (Å²) in [5.41, 5.74) is 1.21. The van der Waals surface area contributed by atoms with Crippen LogP contribution in [0.25, 0.3) is 0 Å². The van der Waals surface area contributed by atoms with E-state index >= 15 is 0 Å². The smallest absolute Gasteiger partial charge is 0.322 e. The fraction of sp³-hybridized carbons (Fsp3) is 0.300. The second-order valence-corrected chi connectivity index (χ2v) is 6.20. The van der Waals surface area contributed by atoms with Gasteiger partial charge in [0, 0.05) is 18.3 Å². The number of anilines is 2. The lowest BCUT2D eigenvalue weighted by Gasteiger charge is -2.24. The third-order valence-corrected chi connectivity index (χ3v) is 4.50. The summed E-state index contributed by atoms with van der Waals surface area (Å²) in [6, 6.07) is 13.5. The number of hydrogen-bond donors (Lipinski definition) is 2. The molecule has 1 heterocycles. The highest BCUT2D eigenvalue weighted by Crippen LogP contribution is 2.26. The topological polar surface area (TPSA) is 79.9 Å². The highest BCUT2D eigenvalue weighted by Gasteiger charge is 2.34. The van der Waals surface area contributed by atoms with Gasteiger partial charge in [0.1, 0.15) is 17.5 Å². The van der Waals surface area contributed by atoms with Gasteiger partial charge in [-0.05, 0) is 37.1 Å². The van der Waals surface area contributed by atoms with Crippen molar-refractivity contribution < 1.29 is 19.1 Å². The second-order valence-electron chi connectivity index (χ2n) is 6.20. The average Bonchev–Trinajstić information content (AvgIpc) is 3.19. The molecule has 0 spiro atoms. The van der Waals surface area contributed by atoms with Crippen LogP contribution in [0.2, 0.25) is 0 Å². The zero-order chi connectivity index (χ0) is 19.2. The van der Waals surface area contributed by atoms with Gasteiger partial charge in [0.05, 0.1) is 19.9 Å². The van der Waals surface area contributed by atoms with Crippen molar-refractivity contribution in [2.75, 3.05) is 31.4 Å². The van der Waals surface area contributed by atoms with E-state index in [1.165, 1.54) is 0 Å². The average molecular weight is 369 g/mol. The summed E-state index contributed by atoms with van der Waals surface area (Å²) in [4.78, 5) is 27.0. The van der Waals surface area contributed by atoms with Gasteiger partial charge in [0.15, 0.2) is 0 Å². The van der Waals surface area contributed by atoms with Crippen molar-refractivity contribution in [1.82, 2.24) is 4.90 Å². The van der Waals surface area contributed by atoms with Crippen LogP contribution >= 0.6 is 0 Å². The van der Waals surface area contributed by atoms with Crippen LogP contribution in [0.15, 0.2) is 48.5 Å². The molecule has 1 saturated heterocycles. The predicted molar refractivity (Wildman–Crippen MR) is 103 cm³/mol. The van der Waals surface area contributed by atoms with Gasteiger partial charge in [-0.25, -0.2) is 4.79 Å². The Morgan fingerprint density at radius 1 is 1.04 bits per heavy atom. The van der Waals surface area contributed by atoms with Gasteiger partial charge in [-0.2, -0.15) is 0 Å². The standard InChI is InChI=1S/C20H23N3O4/c1-26-15-8-5-7-14(13-15)21-20(25)23-12-6-10-17(23)19(24)22-16-9-3-4-11-18(16)27-2/h3-5,7-9,11,13,17H,6,10,12H2,1-2H3,(H,21,25)(H,22,24). The van der Waals surface area contributed by atoms with Crippen molar-refractivity contribution in [2.24, 2.45) is 0 Å². The highest BCUT2D eigenvalue weighted by molar-refractivity contribution is 6.00. The molecule has 2 aromatic carbocycles. The lowest BCUT2D eigenvalue weighted by atomic mass is 10.2. The molecule has 0 radical (unpaired) electrons. The third kappa shape index (κ3) is 4.31. The second kappa shape index (κ2) is 8.44. The van der Waals surface area contributed by atoms with Crippen LogP contribution in [-0.4, -0.2) is 43.6 Å². The van der Waals surface area contributed by atoms with Gasteiger partial charge < -0.3 is 25.0 Å². The molecule has 1 aliphatic rings. The summed E-state index contributed by atoms with van der Waals surface area (Å²) in [5.74, 6) is 1.01. The lowest BCUT2D eigenvalue weighted by Crippen LogP contribution is -2.45. The monoisotopic (exact) mass is 369 g/mol. The number of carbonyl (C=O) groups excluding carboxylic acids is 2. The SMILES string of the molecule is COc1cccc(NC(=O)N2CCCC2C(=O)Nc2ccccc2OC)c1. The molecule has 3 amide bonds. The minimum Gasteiger partial charge on any atom is -0.497 e. The number of para-hydroxylation sites is 2. The van der Waals surface area contributed by atoms with Crippen LogP contribution < -0.4 is 20.1 Å². The molecule has 0 saturated carbocycles. The van der Waals surface area contributed by atoms with Crippen LogP contribution in [0.1, 0.15) is 12.8 Å². The number of rotatable bonds is 5. The van der Waals surface area contributed by atoms with Crippen molar-refractivity contribution in [3.05, 3.63) is 48.5 Å². The molecule has 3 rings (SSSR count). The minimum absolute atomic E-state index is 0.224. The van der Waals surface area contributed by atoms with E-state index in [0.717, 1.165) is 6.42 Å². The summed E-state index contributed by atoms with van der Waals surface area (Å²) >= 11 is 0. The van der Waals surface area contributed by atoms with Crippen LogP contribution in [0.4, 0.5) is 16.2 Å². The van der Waals surface area contributed by atoms with Gasteiger partial charge in [-0.1, -0.05) is 18.2 Å². The largest absolute Gasteiger partial charge is 0.497 e. The molecule has 1 atom stereocenters. The number of carbonyl (C=O) groups is 2. The molecule has 2 aromatic rings. The number of nitrogens with one attached hydrogen (secondary N) is 2. The number of hydrogen-bond acceptors (Lipinski definition) is 4. The molecule has 27 heavy (non-hydrogen) atoms. The molecule has 1 fully saturated rings. The fourth-order valence-electron chi connectivity index (χ4n) is 3.14. The van der Waals surface area contributed by atoms with Crippen LogP contribution in [0.3, 0.4) is 0 Å². The molecule has 0 bridgehead atoms. The first-order chi connectivity index (χ1) is 13.1. The van der Waals surface area contributed by atoms with E-state index < -0.39 is 6.04 Å². The first kappa shape index (κ1) is 18.6. The number of methoxy groups -OCH3 is 2. The van der Waals surface area contributed by atoms with Crippen LogP contribution in [0, 0.1) is 0 Å². The number of likely N-dealkylation sites (tertiary alicyclic amines) is 1. The quantitative estimate of drug-likeness (QED) is 0.847. The summed E-state index contributed by atoms with van der Waals surface area (Å²) in [5, 5.41) is 5.70.